The minimum absolute atomic E-state index is 0.206. The zero-order chi connectivity index (χ0) is 13.1. The summed E-state index contributed by atoms with van der Waals surface area (Å²) < 4.78 is 1.97. The first-order chi connectivity index (χ1) is 9.31. The third-order valence-corrected chi connectivity index (χ3v) is 4.20. The van der Waals surface area contributed by atoms with E-state index in [2.05, 4.69) is 15.3 Å². The van der Waals surface area contributed by atoms with Crippen LogP contribution < -0.4 is 5.32 Å². The number of rotatable bonds is 4. The van der Waals surface area contributed by atoms with Crippen molar-refractivity contribution < 1.29 is 4.79 Å². The van der Waals surface area contributed by atoms with E-state index in [-0.39, 0.29) is 11.8 Å². The molecule has 1 aromatic heterocycles. The lowest BCUT2D eigenvalue weighted by molar-refractivity contribution is -0.124. The van der Waals surface area contributed by atoms with Crippen LogP contribution in [0.25, 0.3) is 0 Å². The number of hydrogen-bond donors (Lipinski definition) is 1. The number of carbonyl (C=O) groups is 1. The molecule has 3 rings (SSSR count). The highest BCUT2D eigenvalue weighted by Gasteiger charge is 2.31. The van der Waals surface area contributed by atoms with Gasteiger partial charge in [0.2, 0.25) is 5.91 Å². The van der Waals surface area contributed by atoms with Gasteiger partial charge in [-0.05, 0) is 25.3 Å². The van der Waals surface area contributed by atoms with Crippen LogP contribution in [0.4, 0.5) is 0 Å². The van der Waals surface area contributed by atoms with Crippen molar-refractivity contribution in [2.45, 2.75) is 38.3 Å². The highest BCUT2D eigenvalue weighted by atomic mass is 16.2. The average Bonchev–Trinajstić information content (AvgIpc) is 2.75. The first kappa shape index (κ1) is 12.7. The molecule has 2 aliphatic rings. The molecule has 2 aliphatic heterocycles. The van der Waals surface area contributed by atoms with Crippen molar-refractivity contribution in [2.75, 3.05) is 19.6 Å². The van der Waals surface area contributed by atoms with Crippen LogP contribution in [0, 0.1) is 5.92 Å². The van der Waals surface area contributed by atoms with Gasteiger partial charge in [0.25, 0.3) is 0 Å². The van der Waals surface area contributed by atoms with E-state index >= 15 is 0 Å². The van der Waals surface area contributed by atoms with Gasteiger partial charge in [-0.2, -0.15) is 5.10 Å². The maximum Gasteiger partial charge on any atom is 0.224 e. The molecule has 5 nitrogen and oxygen atoms in total. The fourth-order valence-corrected chi connectivity index (χ4v) is 3.21. The van der Waals surface area contributed by atoms with Crippen molar-refractivity contribution in [3.05, 3.63) is 18.5 Å². The predicted octanol–water partition coefficient (Wildman–Crippen LogP) is 0.874. The lowest BCUT2D eigenvalue weighted by atomic mass is 9.99. The van der Waals surface area contributed by atoms with Gasteiger partial charge in [-0.3, -0.25) is 9.48 Å². The van der Waals surface area contributed by atoms with Gasteiger partial charge in [0.05, 0.1) is 5.92 Å². The molecule has 3 heterocycles. The van der Waals surface area contributed by atoms with E-state index in [1.165, 1.54) is 6.42 Å². The fourth-order valence-electron chi connectivity index (χ4n) is 3.21. The van der Waals surface area contributed by atoms with Crippen LogP contribution in [0.15, 0.2) is 18.5 Å². The van der Waals surface area contributed by atoms with Crippen LogP contribution >= 0.6 is 0 Å². The molecule has 1 aromatic rings. The minimum Gasteiger partial charge on any atom is -0.352 e. The van der Waals surface area contributed by atoms with Crippen LogP contribution in [0.3, 0.4) is 0 Å². The largest absolute Gasteiger partial charge is 0.352 e. The number of aromatic nitrogens is 2. The van der Waals surface area contributed by atoms with Gasteiger partial charge < -0.3 is 10.2 Å². The molecule has 1 amide bonds. The molecule has 0 aliphatic carbocycles. The molecule has 0 unspecified atom stereocenters. The Morgan fingerprint density at radius 1 is 1.32 bits per heavy atom. The van der Waals surface area contributed by atoms with Crippen molar-refractivity contribution in [3.8, 4) is 0 Å². The molecule has 2 saturated heterocycles. The molecule has 104 valence electrons. The van der Waals surface area contributed by atoms with E-state index in [4.69, 9.17) is 0 Å². The Hall–Kier alpha value is -1.36. The number of carbonyl (C=O) groups excluding carboxylic acids is 1. The topological polar surface area (TPSA) is 50.2 Å². The average molecular weight is 262 g/mol. The van der Waals surface area contributed by atoms with Crippen LogP contribution in [0.5, 0.6) is 0 Å². The van der Waals surface area contributed by atoms with Crippen molar-refractivity contribution >= 4 is 5.91 Å². The smallest absolute Gasteiger partial charge is 0.224 e. The quantitative estimate of drug-likeness (QED) is 0.876. The monoisotopic (exact) mass is 262 g/mol. The van der Waals surface area contributed by atoms with E-state index in [1.54, 1.807) is 0 Å². The molecule has 2 bridgehead atoms. The zero-order valence-corrected chi connectivity index (χ0v) is 11.3. The number of nitrogens with one attached hydrogen (secondary N) is 1. The molecule has 19 heavy (non-hydrogen) atoms. The molecule has 0 aromatic carbocycles. The number of nitrogens with zero attached hydrogens (tertiary/aromatic N) is 3. The first-order valence-electron chi connectivity index (χ1n) is 7.31. The number of hydrogen-bond acceptors (Lipinski definition) is 3. The van der Waals surface area contributed by atoms with Gasteiger partial charge in [-0.25, -0.2) is 0 Å². The number of likely N-dealkylation sites (tertiary alicyclic amines) is 1. The van der Waals surface area contributed by atoms with Crippen molar-refractivity contribution in [2.24, 2.45) is 5.92 Å². The normalized spacial score (nSPS) is 27.9. The summed E-state index contributed by atoms with van der Waals surface area (Å²) in [5, 5.41) is 7.39. The maximum atomic E-state index is 11.9. The fraction of sp³-hybridized carbons (Fsp3) is 0.714. The Balaban J connectivity index is 1.52. The van der Waals surface area contributed by atoms with Gasteiger partial charge in [-0.15, -0.1) is 0 Å². The predicted molar refractivity (Wildman–Crippen MR) is 72.6 cm³/mol. The lowest BCUT2D eigenvalue weighted by Crippen LogP contribution is -2.39. The van der Waals surface area contributed by atoms with Crippen LogP contribution in [0.2, 0.25) is 0 Å². The summed E-state index contributed by atoms with van der Waals surface area (Å²) in [7, 11) is 0. The van der Waals surface area contributed by atoms with Gasteiger partial charge in [0.1, 0.15) is 0 Å². The molecule has 0 radical (unpaired) electrons. The van der Waals surface area contributed by atoms with Crippen molar-refractivity contribution in [3.63, 3.8) is 0 Å². The maximum absolute atomic E-state index is 11.9. The molecule has 0 saturated carbocycles. The highest BCUT2D eigenvalue weighted by Crippen LogP contribution is 2.21. The molecule has 0 spiro atoms. The Kier molecular flexibility index (Phi) is 3.82. The Morgan fingerprint density at radius 2 is 2.26 bits per heavy atom. The van der Waals surface area contributed by atoms with E-state index < -0.39 is 0 Å². The molecule has 2 fully saturated rings. The van der Waals surface area contributed by atoms with E-state index in [0.717, 1.165) is 45.4 Å². The summed E-state index contributed by atoms with van der Waals surface area (Å²) in [6.07, 6.45) is 8.29. The lowest BCUT2D eigenvalue weighted by Gasteiger charge is -2.27. The number of fused-ring (bicyclic) bond motifs is 3. The summed E-state index contributed by atoms with van der Waals surface area (Å²) in [5.74, 6) is 0.481. The second kappa shape index (κ2) is 5.74. The third kappa shape index (κ3) is 3.15. The number of amides is 1. The first-order valence-corrected chi connectivity index (χ1v) is 7.31. The van der Waals surface area contributed by atoms with E-state index in [0.29, 0.717) is 6.04 Å². The second-order valence-corrected chi connectivity index (χ2v) is 5.72. The Morgan fingerprint density at radius 3 is 3.11 bits per heavy atom. The van der Waals surface area contributed by atoms with Crippen LogP contribution in [-0.4, -0.2) is 46.3 Å². The van der Waals surface area contributed by atoms with E-state index in [9.17, 15) is 4.79 Å². The molecule has 1 N–H and O–H groups in total. The summed E-state index contributed by atoms with van der Waals surface area (Å²) >= 11 is 0. The highest BCUT2D eigenvalue weighted by molar-refractivity contribution is 5.79. The second-order valence-electron chi connectivity index (χ2n) is 5.72. The Bertz CT molecular complexity index is 417. The van der Waals surface area contributed by atoms with Gasteiger partial charge in [0, 0.05) is 44.6 Å². The van der Waals surface area contributed by atoms with Crippen molar-refractivity contribution in [1.29, 1.82) is 0 Å². The molecule has 5 heteroatoms. The third-order valence-electron chi connectivity index (χ3n) is 4.20. The molecular formula is C14H22N4O. The molecule has 2 atom stereocenters. The summed E-state index contributed by atoms with van der Waals surface area (Å²) in [6, 6.07) is 2.32. The summed E-state index contributed by atoms with van der Waals surface area (Å²) in [5.41, 5.74) is 0. The SMILES string of the molecule is O=C1N[C@H]2CCC[C@@H]1CN(CCCn1cccn1)C2. The standard InChI is InChI=1S/C14H22N4O/c19-14-12-4-1-5-13(16-14)11-17(10-12)7-3-9-18-8-2-6-15-18/h2,6,8,12-13H,1,3-5,7,9-11H2,(H,16,19)/t12-,13+/m1/s1. The van der Waals surface area contributed by atoms with Gasteiger partial charge in [0.15, 0.2) is 0 Å². The van der Waals surface area contributed by atoms with E-state index in [1.807, 2.05) is 23.1 Å². The number of aryl methyl sites for hydroxylation is 1. The minimum atomic E-state index is 0.206. The summed E-state index contributed by atoms with van der Waals surface area (Å²) in [6.45, 7) is 3.96. The van der Waals surface area contributed by atoms with Gasteiger partial charge >= 0.3 is 0 Å². The van der Waals surface area contributed by atoms with Crippen molar-refractivity contribution in [1.82, 2.24) is 20.0 Å². The van der Waals surface area contributed by atoms with Crippen LogP contribution in [-0.2, 0) is 11.3 Å². The van der Waals surface area contributed by atoms with Gasteiger partial charge in [-0.1, -0.05) is 6.42 Å². The Labute approximate surface area is 114 Å². The summed E-state index contributed by atoms with van der Waals surface area (Å²) in [4.78, 5) is 14.4. The molecular weight excluding hydrogens is 240 g/mol. The van der Waals surface area contributed by atoms with Crippen LogP contribution in [0.1, 0.15) is 25.7 Å². The zero-order valence-electron chi connectivity index (χ0n) is 11.3.